The lowest BCUT2D eigenvalue weighted by molar-refractivity contribution is -0.145. The van der Waals surface area contributed by atoms with Crippen LogP contribution in [0.25, 0.3) is 0 Å². The van der Waals surface area contributed by atoms with Crippen LogP contribution >= 0.6 is 0 Å². The Kier molecular flexibility index (Phi) is 4.14. The molecule has 0 aromatic heterocycles. The lowest BCUT2D eigenvalue weighted by atomic mass is 9.91. The zero-order valence-corrected chi connectivity index (χ0v) is 15.9. The fourth-order valence-electron chi connectivity index (χ4n) is 4.30. The third-order valence-electron chi connectivity index (χ3n) is 5.98. The van der Waals surface area contributed by atoms with Gasteiger partial charge in [-0.05, 0) is 31.2 Å². The van der Waals surface area contributed by atoms with Gasteiger partial charge in [0.25, 0.3) is 5.91 Å². The Balaban J connectivity index is 1.62. The molecular formula is C19H22N2O5S. The summed E-state index contributed by atoms with van der Waals surface area (Å²) < 4.78 is 22.9. The van der Waals surface area contributed by atoms with Crippen molar-refractivity contribution in [1.29, 1.82) is 0 Å². The molecule has 3 amide bonds. The van der Waals surface area contributed by atoms with Crippen LogP contribution in [0.5, 0.6) is 0 Å². The van der Waals surface area contributed by atoms with Gasteiger partial charge in [-0.3, -0.25) is 19.3 Å². The summed E-state index contributed by atoms with van der Waals surface area (Å²) in [6.45, 7) is 0.486. The van der Waals surface area contributed by atoms with E-state index in [1.54, 1.807) is 0 Å². The second-order valence-corrected chi connectivity index (χ2v) is 10.0. The second kappa shape index (κ2) is 6.15. The number of imide groups is 1. The van der Waals surface area contributed by atoms with Crippen LogP contribution in [0.2, 0.25) is 0 Å². The van der Waals surface area contributed by atoms with Crippen LogP contribution < -0.4 is 0 Å². The third-order valence-corrected chi connectivity index (χ3v) is 7.98. The van der Waals surface area contributed by atoms with E-state index in [0.717, 1.165) is 11.8 Å². The largest absolute Gasteiger partial charge is 0.328 e. The Labute approximate surface area is 158 Å². The molecule has 2 aliphatic heterocycles. The molecular weight excluding hydrogens is 368 g/mol. The maximum Gasteiger partial charge on any atom is 0.253 e. The molecule has 0 radical (unpaired) electrons. The number of amides is 3. The van der Waals surface area contributed by atoms with Crippen LogP contribution in [0.1, 0.15) is 31.2 Å². The maximum absolute atomic E-state index is 13.1. The van der Waals surface area contributed by atoms with Crippen molar-refractivity contribution in [3.05, 3.63) is 35.9 Å². The van der Waals surface area contributed by atoms with E-state index in [4.69, 9.17) is 0 Å². The molecule has 4 rings (SSSR count). The van der Waals surface area contributed by atoms with Gasteiger partial charge in [0.15, 0.2) is 14.6 Å². The number of rotatable bonds is 4. The van der Waals surface area contributed by atoms with E-state index in [1.807, 2.05) is 30.3 Å². The molecule has 1 saturated carbocycles. The first kappa shape index (κ1) is 18.2. The van der Waals surface area contributed by atoms with Gasteiger partial charge >= 0.3 is 0 Å². The van der Waals surface area contributed by atoms with Crippen LogP contribution in [0.3, 0.4) is 0 Å². The van der Waals surface area contributed by atoms with Crippen molar-refractivity contribution in [3.63, 3.8) is 0 Å². The molecule has 0 unspecified atom stereocenters. The minimum atomic E-state index is -3.56. The summed E-state index contributed by atoms with van der Waals surface area (Å²) >= 11 is 0. The smallest absolute Gasteiger partial charge is 0.253 e. The monoisotopic (exact) mass is 390 g/mol. The van der Waals surface area contributed by atoms with E-state index >= 15 is 0 Å². The van der Waals surface area contributed by atoms with E-state index in [1.165, 1.54) is 9.80 Å². The van der Waals surface area contributed by atoms with Gasteiger partial charge in [-0.15, -0.1) is 0 Å². The normalized spacial score (nSPS) is 26.9. The fourth-order valence-corrected chi connectivity index (χ4v) is 5.57. The molecule has 0 N–H and O–H groups in total. The van der Waals surface area contributed by atoms with E-state index in [9.17, 15) is 22.8 Å². The van der Waals surface area contributed by atoms with Crippen molar-refractivity contribution >= 4 is 27.6 Å². The lowest BCUT2D eigenvalue weighted by Gasteiger charge is -2.36. The summed E-state index contributed by atoms with van der Waals surface area (Å²) in [7, 11) is -3.56. The molecule has 7 nitrogen and oxygen atoms in total. The summed E-state index contributed by atoms with van der Waals surface area (Å²) in [4.78, 5) is 41.5. The molecule has 2 heterocycles. The van der Waals surface area contributed by atoms with E-state index in [-0.39, 0.29) is 25.3 Å². The number of fused-ring (bicyclic) bond motifs is 1. The highest BCUT2D eigenvalue weighted by atomic mass is 32.2. The van der Waals surface area contributed by atoms with E-state index < -0.39 is 38.4 Å². The Morgan fingerprint density at radius 1 is 1.15 bits per heavy atom. The minimum absolute atomic E-state index is 0.171. The summed E-state index contributed by atoms with van der Waals surface area (Å²) in [6.07, 6.45) is 2.77. The number of piperidine rings is 1. The molecule has 2 saturated heterocycles. The molecule has 1 aliphatic carbocycles. The number of hydrogen-bond acceptors (Lipinski definition) is 5. The first-order chi connectivity index (χ1) is 12.8. The van der Waals surface area contributed by atoms with Gasteiger partial charge in [-0.25, -0.2) is 8.42 Å². The van der Waals surface area contributed by atoms with Gasteiger partial charge in [0.2, 0.25) is 11.8 Å². The summed E-state index contributed by atoms with van der Waals surface area (Å²) in [6, 6.07) is 8.35. The standard InChI is InChI=1S/C19H22N2O5S/c1-27(25,26)19(9-10-19)18(24)20-11-5-8-14-15(20)17(23)21(16(14)22)12-13-6-3-2-4-7-13/h2-4,6-7,14-15H,5,8-12H2,1H3/t14-,15+/m1/s1. The Morgan fingerprint density at radius 3 is 2.41 bits per heavy atom. The van der Waals surface area contributed by atoms with Gasteiger partial charge < -0.3 is 4.90 Å². The first-order valence-corrected chi connectivity index (χ1v) is 11.1. The van der Waals surface area contributed by atoms with Crippen LogP contribution in [-0.4, -0.2) is 59.5 Å². The predicted octanol–water partition coefficient (Wildman–Crippen LogP) is 0.740. The number of carbonyl (C=O) groups is 3. The molecule has 2 atom stereocenters. The minimum Gasteiger partial charge on any atom is -0.328 e. The van der Waals surface area contributed by atoms with Gasteiger partial charge in [0.1, 0.15) is 6.04 Å². The van der Waals surface area contributed by atoms with E-state index in [2.05, 4.69) is 0 Å². The van der Waals surface area contributed by atoms with Crippen molar-refractivity contribution in [2.75, 3.05) is 12.8 Å². The highest BCUT2D eigenvalue weighted by molar-refractivity contribution is 7.93. The molecule has 8 heteroatoms. The van der Waals surface area contributed by atoms with Crippen molar-refractivity contribution in [2.45, 2.75) is 43.0 Å². The van der Waals surface area contributed by atoms with Crippen LogP contribution in [0.4, 0.5) is 0 Å². The number of carbonyl (C=O) groups excluding carboxylic acids is 3. The van der Waals surface area contributed by atoms with Crippen LogP contribution in [-0.2, 0) is 30.8 Å². The first-order valence-electron chi connectivity index (χ1n) is 9.16. The maximum atomic E-state index is 13.1. The highest BCUT2D eigenvalue weighted by Crippen LogP contribution is 2.46. The summed E-state index contributed by atoms with van der Waals surface area (Å²) in [5.41, 5.74) is 0.838. The number of likely N-dealkylation sites (tertiary alicyclic amines) is 2. The molecule has 0 spiro atoms. The molecule has 0 bridgehead atoms. The topological polar surface area (TPSA) is 91.8 Å². The third kappa shape index (κ3) is 2.77. The SMILES string of the molecule is CS(=O)(=O)C1(C(=O)N2CCC[C@H]3C(=O)N(Cc4ccccc4)C(=O)[C@H]32)CC1. The second-order valence-electron chi connectivity index (χ2n) is 7.71. The average Bonchev–Trinajstić information content (AvgIpc) is 3.43. The highest BCUT2D eigenvalue weighted by Gasteiger charge is 2.63. The van der Waals surface area contributed by atoms with Crippen molar-refractivity contribution in [3.8, 4) is 0 Å². The van der Waals surface area contributed by atoms with Crippen molar-refractivity contribution in [1.82, 2.24) is 9.80 Å². The molecule has 1 aromatic rings. The zero-order chi connectivity index (χ0) is 19.4. The van der Waals surface area contributed by atoms with Gasteiger partial charge in [0, 0.05) is 12.8 Å². The Hall–Kier alpha value is -2.22. The Bertz CT molecular complexity index is 907. The number of benzene rings is 1. The predicted molar refractivity (Wildman–Crippen MR) is 97.0 cm³/mol. The molecule has 3 fully saturated rings. The summed E-state index contributed by atoms with van der Waals surface area (Å²) in [5.74, 6) is -1.75. The van der Waals surface area contributed by atoms with Crippen LogP contribution in [0.15, 0.2) is 30.3 Å². The molecule has 144 valence electrons. The Morgan fingerprint density at radius 2 is 1.81 bits per heavy atom. The van der Waals surface area contributed by atoms with Crippen LogP contribution in [0, 0.1) is 5.92 Å². The fraction of sp³-hybridized carbons (Fsp3) is 0.526. The molecule has 27 heavy (non-hydrogen) atoms. The van der Waals surface area contributed by atoms with Gasteiger partial charge in [-0.1, -0.05) is 30.3 Å². The average molecular weight is 390 g/mol. The molecule has 1 aromatic carbocycles. The van der Waals surface area contributed by atoms with Gasteiger partial charge in [0.05, 0.1) is 12.5 Å². The van der Waals surface area contributed by atoms with Gasteiger partial charge in [-0.2, -0.15) is 0 Å². The van der Waals surface area contributed by atoms with E-state index in [0.29, 0.717) is 19.4 Å². The summed E-state index contributed by atoms with van der Waals surface area (Å²) in [5, 5.41) is 0. The zero-order valence-electron chi connectivity index (χ0n) is 15.1. The van der Waals surface area contributed by atoms with Crippen molar-refractivity contribution in [2.24, 2.45) is 5.92 Å². The number of nitrogens with zero attached hydrogens (tertiary/aromatic N) is 2. The number of sulfone groups is 1. The van der Waals surface area contributed by atoms with Crippen molar-refractivity contribution < 1.29 is 22.8 Å². The lowest BCUT2D eigenvalue weighted by Crippen LogP contribution is -2.55. The number of hydrogen-bond donors (Lipinski definition) is 0. The quantitative estimate of drug-likeness (QED) is 0.707. The molecule has 3 aliphatic rings.